The highest BCUT2D eigenvalue weighted by Gasteiger charge is 2.30. The zero-order valence-corrected chi connectivity index (χ0v) is 17.9. The highest BCUT2D eigenvalue weighted by atomic mass is 19.4. The van der Waals surface area contributed by atoms with Gasteiger partial charge in [-0.3, -0.25) is 9.69 Å². The summed E-state index contributed by atoms with van der Waals surface area (Å²) in [6.45, 7) is 5.69. The molecule has 2 aromatic rings. The molecule has 0 aliphatic carbocycles. The van der Waals surface area contributed by atoms with Crippen molar-refractivity contribution in [3.05, 3.63) is 53.6 Å². The van der Waals surface area contributed by atoms with Crippen LogP contribution in [-0.2, 0) is 6.18 Å². The predicted molar refractivity (Wildman–Crippen MR) is 116 cm³/mol. The number of Topliss-reactive ketones (excluding diaryl/α,β-unsaturated/α-hetero) is 1. The molecular formula is C24H27F3N2O3. The van der Waals surface area contributed by atoms with Gasteiger partial charge in [-0.2, -0.15) is 13.2 Å². The number of hydrogen-bond donors (Lipinski definition) is 0. The molecule has 0 spiro atoms. The number of nitrogens with zero attached hydrogens (tertiary/aromatic N) is 2. The number of benzene rings is 2. The summed E-state index contributed by atoms with van der Waals surface area (Å²) in [7, 11) is 0. The third-order valence-electron chi connectivity index (χ3n) is 5.92. The highest BCUT2D eigenvalue weighted by molar-refractivity contribution is 5.96. The number of ether oxygens (including phenoxy) is 2. The minimum absolute atomic E-state index is 0.111. The number of carbonyl (C=O) groups excluding carboxylic acids is 1. The summed E-state index contributed by atoms with van der Waals surface area (Å²) in [5, 5.41) is 0. The second-order valence-electron chi connectivity index (χ2n) is 8.09. The number of anilines is 1. The SMILES string of the molecule is O=C(CCCCN1CCN(c2cccc3c2OCCO3)CC1)c1ccc(C(F)(F)F)cc1. The molecule has 0 radical (unpaired) electrons. The fraction of sp³-hybridized carbons (Fsp3) is 0.458. The Labute approximate surface area is 185 Å². The molecular weight excluding hydrogens is 421 g/mol. The summed E-state index contributed by atoms with van der Waals surface area (Å²) in [6, 6.07) is 10.4. The zero-order chi connectivity index (χ0) is 22.6. The van der Waals surface area contributed by atoms with Crippen LogP contribution in [-0.4, -0.2) is 56.6 Å². The lowest BCUT2D eigenvalue weighted by atomic mass is 10.0. The first-order valence-corrected chi connectivity index (χ1v) is 11.0. The van der Waals surface area contributed by atoms with E-state index in [1.54, 1.807) is 0 Å². The molecule has 1 saturated heterocycles. The molecule has 32 heavy (non-hydrogen) atoms. The van der Waals surface area contributed by atoms with Crippen LogP contribution in [0.1, 0.15) is 35.2 Å². The fourth-order valence-electron chi connectivity index (χ4n) is 4.13. The van der Waals surface area contributed by atoms with Crippen LogP contribution in [0.4, 0.5) is 18.9 Å². The molecule has 0 saturated carbocycles. The number of fused-ring (bicyclic) bond motifs is 1. The molecule has 0 N–H and O–H groups in total. The number of para-hydroxylation sites is 1. The molecule has 0 amide bonds. The Morgan fingerprint density at radius 3 is 2.34 bits per heavy atom. The minimum Gasteiger partial charge on any atom is -0.486 e. The maximum absolute atomic E-state index is 12.6. The maximum atomic E-state index is 12.6. The van der Waals surface area contributed by atoms with Gasteiger partial charge in [0, 0.05) is 38.2 Å². The Morgan fingerprint density at radius 2 is 1.62 bits per heavy atom. The molecule has 1 fully saturated rings. The highest BCUT2D eigenvalue weighted by Crippen LogP contribution is 2.39. The predicted octanol–water partition coefficient (Wildman–Crippen LogP) is 4.65. The van der Waals surface area contributed by atoms with Gasteiger partial charge in [-0.25, -0.2) is 0 Å². The lowest BCUT2D eigenvalue weighted by Gasteiger charge is -2.37. The second kappa shape index (κ2) is 9.81. The van der Waals surface area contributed by atoms with Gasteiger partial charge in [0.25, 0.3) is 0 Å². The lowest BCUT2D eigenvalue weighted by molar-refractivity contribution is -0.137. The van der Waals surface area contributed by atoms with Gasteiger partial charge < -0.3 is 14.4 Å². The molecule has 0 bridgehead atoms. The van der Waals surface area contributed by atoms with Crippen molar-refractivity contribution < 1.29 is 27.4 Å². The van der Waals surface area contributed by atoms with Crippen molar-refractivity contribution in [3.8, 4) is 11.5 Å². The Hall–Kier alpha value is -2.74. The number of rotatable bonds is 7. The van der Waals surface area contributed by atoms with Gasteiger partial charge in [-0.15, -0.1) is 0 Å². The van der Waals surface area contributed by atoms with Crippen LogP contribution < -0.4 is 14.4 Å². The van der Waals surface area contributed by atoms with Crippen LogP contribution in [0.2, 0.25) is 0 Å². The maximum Gasteiger partial charge on any atom is 0.416 e. The van der Waals surface area contributed by atoms with Gasteiger partial charge in [-0.05, 0) is 43.7 Å². The topological polar surface area (TPSA) is 42.0 Å². The van der Waals surface area contributed by atoms with Crippen LogP contribution in [0.25, 0.3) is 0 Å². The van der Waals surface area contributed by atoms with Crippen LogP contribution >= 0.6 is 0 Å². The standard InChI is InChI=1S/C24H27F3N2O3/c25-24(26,27)19-9-7-18(8-10-19)21(30)5-1-2-11-28-12-14-29(15-13-28)20-4-3-6-22-23(20)32-17-16-31-22/h3-4,6-10H,1-2,5,11-17H2. The third-order valence-corrected chi connectivity index (χ3v) is 5.92. The van der Waals surface area contributed by atoms with Crippen LogP contribution in [0, 0.1) is 0 Å². The van der Waals surface area contributed by atoms with E-state index in [-0.39, 0.29) is 5.78 Å². The first-order chi connectivity index (χ1) is 15.4. The van der Waals surface area contributed by atoms with Crippen molar-refractivity contribution in [3.63, 3.8) is 0 Å². The van der Waals surface area contributed by atoms with E-state index < -0.39 is 11.7 Å². The van der Waals surface area contributed by atoms with E-state index in [0.29, 0.717) is 25.2 Å². The monoisotopic (exact) mass is 448 g/mol. The van der Waals surface area contributed by atoms with Crippen molar-refractivity contribution in [2.45, 2.75) is 25.4 Å². The number of piperazine rings is 1. The number of unbranched alkanes of at least 4 members (excludes halogenated alkanes) is 1. The van der Waals surface area contributed by atoms with Gasteiger partial charge in [0.15, 0.2) is 17.3 Å². The van der Waals surface area contributed by atoms with E-state index in [9.17, 15) is 18.0 Å². The molecule has 2 heterocycles. The van der Waals surface area contributed by atoms with E-state index in [4.69, 9.17) is 9.47 Å². The van der Waals surface area contributed by atoms with Gasteiger partial charge in [0.1, 0.15) is 13.2 Å². The van der Waals surface area contributed by atoms with Crippen molar-refractivity contribution in [2.24, 2.45) is 0 Å². The molecule has 8 heteroatoms. The summed E-state index contributed by atoms with van der Waals surface area (Å²) in [5.41, 5.74) is 0.677. The molecule has 0 unspecified atom stereocenters. The van der Waals surface area contributed by atoms with Gasteiger partial charge in [0.05, 0.1) is 11.3 Å². The quantitative estimate of drug-likeness (QED) is 0.456. The number of hydrogen-bond acceptors (Lipinski definition) is 5. The van der Waals surface area contributed by atoms with Crippen molar-refractivity contribution in [1.82, 2.24) is 4.90 Å². The van der Waals surface area contributed by atoms with Crippen LogP contribution in [0.5, 0.6) is 11.5 Å². The third kappa shape index (κ3) is 5.35. The van der Waals surface area contributed by atoms with E-state index in [1.165, 1.54) is 12.1 Å². The number of alkyl halides is 3. The second-order valence-corrected chi connectivity index (χ2v) is 8.09. The Balaban J connectivity index is 1.19. The van der Waals surface area contributed by atoms with Crippen molar-refractivity contribution in [1.29, 1.82) is 0 Å². The molecule has 0 atom stereocenters. The van der Waals surface area contributed by atoms with E-state index in [2.05, 4.69) is 15.9 Å². The number of halogens is 3. The molecule has 4 rings (SSSR count). The van der Waals surface area contributed by atoms with Crippen molar-refractivity contribution >= 4 is 11.5 Å². The molecule has 5 nitrogen and oxygen atoms in total. The van der Waals surface area contributed by atoms with Gasteiger partial charge >= 0.3 is 6.18 Å². The Bertz CT molecular complexity index is 923. The average molecular weight is 448 g/mol. The summed E-state index contributed by atoms with van der Waals surface area (Å²) >= 11 is 0. The molecule has 2 aliphatic rings. The van der Waals surface area contributed by atoms with Crippen LogP contribution in [0.15, 0.2) is 42.5 Å². The number of ketones is 1. The smallest absolute Gasteiger partial charge is 0.416 e. The van der Waals surface area contributed by atoms with E-state index >= 15 is 0 Å². The Morgan fingerprint density at radius 1 is 0.906 bits per heavy atom. The minimum atomic E-state index is -4.38. The van der Waals surface area contributed by atoms with Gasteiger partial charge in [0.2, 0.25) is 0 Å². The van der Waals surface area contributed by atoms with Gasteiger partial charge in [-0.1, -0.05) is 18.2 Å². The number of carbonyl (C=O) groups is 1. The first-order valence-electron chi connectivity index (χ1n) is 11.0. The molecule has 172 valence electrons. The zero-order valence-electron chi connectivity index (χ0n) is 17.9. The summed E-state index contributed by atoms with van der Waals surface area (Å²) in [6.07, 6.45) is -2.44. The molecule has 2 aliphatic heterocycles. The average Bonchev–Trinajstić information content (AvgIpc) is 2.81. The largest absolute Gasteiger partial charge is 0.486 e. The van der Waals surface area contributed by atoms with Crippen molar-refractivity contribution in [2.75, 3.05) is 50.8 Å². The van der Waals surface area contributed by atoms with E-state index in [0.717, 1.165) is 74.9 Å². The van der Waals surface area contributed by atoms with E-state index in [1.807, 2.05) is 12.1 Å². The normalized spacial score (nSPS) is 16.8. The Kier molecular flexibility index (Phi) is 6.89. The first kappa shape index (κ1) is 22.5. The fourth-order valence-corrected chi connectivity index (χ4v) is 4.13. The summed E-state index contributed by atoms with van der Waals surface area (Å²) < 4.78 is 49.4. The lowest BCUT2D eigenvalue weighted by Crippen LogP contribution is -2.46. The van der Waals surface area contributed by atoms with Crippen LogP contribution in [0.3, 0.4) is 0 Å². The molecule has 2 aromatic carbocycles. The molecule has 0 aromatic heterocycles. The summed E-state index contributed by atoms with van der Waals surface area (Å²) in [4.78, 5) is 16.9. The summed E-state index contributed by atoms with van der Waals surface area (Å²) in [5.74, 6) is 1.52.